The molecule has 0 aliphatic carbocycles. The van der Waals surface area contributed by atoms with Gasteiger partial charge in [0.25, 0.3) is 5.91 Å². The highest BCUT2D eigenvalue weighted by Crippen LogP contribution is 2.24. The minimum absolute atomic E-state index is 0. The Morgan fingerprint density at radius 3 is 2.91 bits per heavy atom. The van der Waals surface area contributed by atoms with E-state index in [9.17, 15) is 4.79 Å². The molecule has 6 nitrogen and oxygen atoms in total. The van der Waals surface area contributed by atoms with Gasteiger partial charge in [-0.2, -0.15) is 5.10 Å². The van der Waals surface area contributed by atoms with Crippen molar-refractivity contribution in [3.8, 4) is 0 Å². The quantitative estimate of drug-likeness (QED) is 0.897. The summed E-state index contributed by atoms with van der Waals surface area (Å²) >= 11 is 0. The van der Waals surface area contributed by atoms with Gasteiger partial charge in [-0.25, -0.2) is 0 Å². The molecule has 23 heavy (non-hydrogen) atoms. The Hall–Kier alpha value is -1.63. The second-order valence-electron chi connectivity index (χ2n) is 6.01. The number of nitrogens with two attached hydrogens (primary N) is 1. The zero-order chi connectivity index (χ0) is 15.7. The van der Waals surface area contributed by atoms with Crippen LogP contribution in [0, 0.1) is 0 Å². The minimum atomic E-state index is -0.403. The van der Waals surface area contributed by atoms with E-state index in [0.29, 0.717) is 6.54 Å². The molecule has 1 fully saturated rings. The summed E-state index contributed by atoms with van der Waals surface area (Å²) < 4.78 is 7.57. The second-order valence-corrected chi connectivity index (χ2v) is 6.01. The number of nitrogens with zero attached hydrogens (tertiary/aromatic N) is 2. The number of halogens is 1. The van der Waals surface area contributed by atoms with E-state index in [4.69, 9.17) is 10.5 Å². The summed E-state index contributed by atoms with van der Waals surface area (Å²) in [5, 5.41) is 8.37. The van der Waals surface area contributed by atoms with Crippen LogP contribution in [0.15, 0.2) is 24.4 Å². The van der Waals surface area contributed by atoms with Gasteiger partial charge in [0, 0.05) is 23.7 Å². The number of carbonyl (C=O) groups is 1. The topological polar surface area (TPSA) is 82.2 Å². The molecule has 1 aromatic heterocycles. The Bertz CT molecular complexity index is 686. The number of rotatable bonds is 4. The lowest BCUT2D eigenvalue weighted by molar-refractivity contribution is -0.126. The molecule has 1 aliphatic heterocycles. The van der Waals surface area contributed by atoms with Crippen LogP contribution in [0.25, 0.3) is 10.9 Å². The van der Waals surface area contributed by atoms with E-state index >= 15 is 0 Å². The summed E-state index contributed by atoms with van der Waals surface area (Å²) in [6.07, 6.45) is 3.00. The molecule has 0 radical (unpaired) electrons. The van der Waals surface area contributed by atoms with Gasteiger partial charge in [0.2, 0.25) is 0 Å². The maximum atomic E-state index is 12.3. The molecule has 3 rings (SSSR count). The predicted octanol–water partition coefficient (Wildman–Crippen LogP) is 2.48. The van der Waals surface area contributed by atoms with Crippen molar-refractivity contribution in [3.05, 3.63) is 24.4 Å². The smallest absolute Gasteiger partial charge is 0.253 e. The minimum Gasteiger partial charge on any atom is -0.364 e. The highest BCUT2D eigenvalue weighted by molar-refractivity contribution is 5.96. The standard InChI is InChI=1S/C16H22N4O2.ClH/c1-10(2)20-14-7-12(4-3-11(14)9-18-20)19-16(21)15-6-5-13(8-17)22-15;/h3-4,7,9-10,13,15H,5-6,8,17H2,1-2H3,(H,19,21);1H/t13-,15+;/m1./s1. The maximum Gasteiger partial charge on any atom is 0.253 e. The molecule has 7 heteroatoms. The van der Waals surface area contributed by atoms with Crippen LogP contribution in [-0.2, 0) is 9.53 Å². The van der Waals surface area contributed by atoms with Crippen LogP contribution in [0.1, 0.15) is 32.7 Å². The summed E-state index contributed by atoms with van der Waals surface area (Å²) in [6.45, 7) is 4.62. The predicted molar refractivity (Wildman–Crippen MR) is 92.9 cm³/mol. The number of benzene rings is 1. The number of anilines is 1. The number of hydrogen-bond acceptors (Lipinski definition) is 4. The molecule has 0 spiro atoms. The molecule has 2 aromatic rings. The lowest BCUT2D eigenvalue weighted by Crippen LogP contribution is -2.29. The summed E-state index contributed by atoms with van der Waals surface area (Å²) in [7, 11) is 0. The number of carbonyl (C=O) groups excluding carboxylic acids is 1. The third-order valence-electron chi connectivity index (χ3n) is 4.02. The van der Waals surface area contributed by atoms with Crippen molar-refractivity contribution >= 4 is 34.9 Å². The average molecular weight is 339 g/mol. The summed E-state index contributed by atoms with van der Waals surface area (Å²) in [6, 6.07) is 6.08. The van der Waals surface area contributed by atoms with Crippen LogP contribution >= 0.6 is 12.4 Å². The fourth-order valence-electron chi connectivity index (χ4n) is 2.82. The number of hydrogen-bond donors (Lipinski definition) is 2. The number of amides is 1. The molecule has 126 valence electrons. The first-order valence-corrected chi connectivity index (χ1v) is 7.72. The van der Waals surface area contributed by atoms with Gasteiger partial charge in [-0.3, -0.25) is 9.48 Å². The molecular weight excluding hydrogens is 316 g/mol. The van der Waals surface area contributed by atoms with E-state index in [2.05, 4.69) is 24.3 Å². The van der Waals surface area contributed by atoms with Crippen molar-refractivity contribution in [1.29, 1.82) is 0 Å². The third kappa shape index (κ3) is 3.65. The summed E-state index contributed by atoms with van der Waals surface area (Å²) in [4.78, 5) is 12.3. The number of nitrogens with one attached hydrogen (secondary N) is 1. The van der Waals surface area contributed by atoms with Gasteiger partial charge >= 0.3 is 0 Å². The molecule has 0 unspecified atom stereocenters. The fraction of sp³-hybridized carbons (Fsp3) is 0.500. The van der Waals surface area contributed by atoms with Crippen molar-refractivity contribution in [2.24, 2.45) is 5.73 Å². The molecule has 1 aliphatic rings. The molecule has 1 amide bonds. The first-order chi connectivity index (χ1) is 10.6. The first-order valence-electron chi connectivity index (χ1n) is 7.72. The van der Waals surface area contributed by atoms with Crippen LogP contribution in [0.3, 0.4) is 0 Å². The van der Waals surface area contributed by atoms with Crippen LogP contribution in [-0.4, -0.2) is 34.4 Å². The van der Waals surface area contributed by atoms with E-state index in [1.807, 2.05) is 29.1 Å². The normalized spacial score (nSPS) is 20.7. The Morgan fingerprint density at radius 1 is 1.48 bits per heavy atom. The Morgan fingerprint density at radius 2 is 2.26 bits per heavy atom. The van der Waals surface area contributed by atoms with Crippen LogP contribution in [0.4, 0.5) is 5.69 Å². The molecule has 0 saturated carbocycles. The van der Waals surface area contributed by atoms with E-state index < -0.39 is 6.10 Å². The monoisotopic (exact) mass is 338 g/mol. The van der Waals surface area contributed by atoms with Crippen molar-refractivity contribution < 1.29 is 9.53 Å². The fourth-order valence-corrected chi connectivity index (χ4v) is 2.82. The average Bonchev–Trinajstić information content (AvgIpc) is 3.13. The first kappa shape index (κ1) is 17.7. The van der Waals surface area contributed by atoms with Gasteiger partial charge in [-0.05, 0) is 44.9 Å². The van der Waals surface area contributed by atoms with E-state index in [1.165, 1.54) is 0 Å². The van der Waals surface area contributed by atoms with Crippen molar-refractivity contribution in [1.82, 2.24) is 9.78 Å². The maximum absolute atomic E-state index is 12.3. The zero-order valence-electron chi connectivity index (χ0n) is 13.4. The summed E-state index contributed by atoms with van der Waals surface area (Å²) in [5.74, 6) is -0.106. The molecule has 2 heterocycles. The second kappa shape index (κ2) is 7.29. The van der Waals surface area contributed by atoms with Crippen LogP contribution in [0.2, 0.25) is 0 Å². The molecule has 2 atom stereocenters. The zero-order valence-corrected chi connectivity index (χ0v) is 14.2. The van der Waals surface area contributed by atoms with E-state index in [1.54, 1.807) is 0 Å². The Kier molecular flexibility index (Phi) is 5.62. The Labute approximate surface area is 141 Å². The SMILES string of the molecule is CC(C)n1ncc2ccc(NC(=O)[C@@H]3CC[C@H](CN)O3)cc21.Cl. The number of fused-ring (bicyclic) bond motifs is 1. The highest BCUT2D eigenvalue weighted by Gasteiger charge is 2.29. The van der Waals surface area contributed by atoms with E-state index in [-0.39, 0.29) is 30.5 Å². The van der Waals surface area contributed by atoms with Gasteiger partial charge in [-0.15, -0.1) is 12.4 Å². The largest absolute Gasteiger partial charge is 0.364 e. The third-order valence-corrected chi connectivity index (χ3v) is 4.02. The van der Waals surface area contributed by atoms with Crippen LogP contribution < -0.4 is 11.1 Å². The highest BCUT2D eigenvalue weighted by atomic mass is 35.5. The number of aromatic nitrogens is 2. The molecule has 3 N–H and O–H groups in total. The lowest BCUT2D eigenvalue weighted by Gasteiger charge is -2.13. The van der Waals surface area contributed by atoms with Crippen molar-refractivity contribution in [3.63, 3.8) is 0 Å². The molecule has 1 saturated heterocycles. The van der Waals surface area contributed by atoms with Gasteiger partial charge in [0.15, 0.2) is 0 Å². The lowest BCUT2D eigenvalue weighted by atomic mass is 10.2. The molecule has 1 aromatic carbocycles. The van der Waals surface area contributed by atoms with Gasteiger partial charge in [-0.1, -0.05) is 0 Å². The summed E-state index contributed by atoms with van der Waals surface area (Å²) in [5.41, 5.74) is 7.36. The number of ether oxygens (including phenoxy) is 1. The van der Waals surface area contributed by atoms with Gasteiger partial charge < -0.3 is 15.8 Å². The van der Waals surface area contributed by atoms with Gasteiger partial charge in [0.05, 0.1) is 17.8 Å². The van der Waals surface area contributed by atoms with Crippen molar-refractivity contribution in [2.45, 2.75) is 44.9 Å². The molecule has 0 bridgehead atoms. The van der Waals surface area contributed by atoms with Gasteiger partial charge in [0.1, 0.15) is 6.10 Å². The Balaban J connectivity index is 0.00000192. The van der Waals surface area contributed by atoms with Crippen LogP contribution in [0.5, 0.6) is 0 Å². The van der Waals surface area contributed by atoms with E-state index in [0.717, 1.165) is 29.4 Å². The molecular formula is C16H23ClN4O2. The van der Waals surface area contributed by atoms with Crippen molar-refractivity contribution in [2.75, 3.05) is 11.9 Å².